The van der Waals surface area contributed by atoms with Gasteiger partial charge in [0.1, 0.15) is 17.1 Å². The summed E-state index contributed by atoms with van der Waals surface area (Å²) in [5.41, 5.74) is 1.47. The fraction of sp³-hybridized carbons (Fsp3) is 0.444. The number of methoxy groups -OCH3 is 2. The second kappa shape index (κ2) is 9.21. The van der Waals surface area contributed by atoms with Crippen molar-refractivity contribution >= 4 is 11.7 Å². The molecular weight excluding hydrogens is 336 g/mol. The quantitative estimate of drug-likeness (QED) is 0.688. The van der Waals surface area contributed by atoms with Crippen molar-refractivity contribution in [3.63, 3.8) is 0 Å². The van der Waals surface area contributed by atoms with Crippen molar-refractivity contribution in [2.75, 3.05) is 40.3 Å². The third kappa shape index (κ3) is 4.74. The molecule has 2 rings (SSSR count). The lowest BCUT2D eigenvalue weighted by Crippen LogP contribution is -2.28. The zero-order chi connectivity index (χ0) is 19.1. The number of rotatable bonds is 9. The van der Waals surface area contributed by atoms with E-state index in [1.165, 1.54) is 12.2 Å². The first-order valence-electron chi connectivity index (χ1n) is 8.26. The summed E-state index contributed by atoms with van der Waals surface area (Å²) in [6.45, 7) is 2.99. The van der Waals surface area contributed by atoms with E-state index in [0.29, 0.717) is 24.5 Å². The molecule has 0 fully saturated rings. The third-order valence-corrected chi connectivity index (χ3v) is 3.92. The van der Waals surface area contributed by atoms with E-state index >= 15 is 0 Å². The number of nitrogens with zero attached hydrogens (tertiary/aromatic N) is 3. The van der Waals surface area contributed by atoms with Crippen molar-refractivity contribution in [3.05, 3.63) is 41.6 Å². The summed E-state index contributed by atoms with van der Waals surface area (Å²) in [7, 11) is 6.27. The first-order valence-corrected chi connectivity index (χ1v) is 8.26. The summed E-state index contributed by atoms with van der Waals surface area (Å²) in [6, 6.07) is 7.72. The lowest BCUT2D eigenvalue weighted by molar-refractivity contribution is -0.0756. The van der Waals surface area contributed by atoms with Gasteiger partial charge in [0.15, 0.2) is 0 Å². The van der Waals surface area contributed by atoms with Crippen molar-refractivity contribution in [2.24, 2.45) is 0 Å². The number of nitrogens with one attached hydrogen (secondary N) is 1. The molecule has 1 N–H and O–H groups in total. The van der Waals surface area contributed by atoms with Crippen LogP contribution in [-0.2, 0) is 16.1 Å². The van der Waals surface area contributed by atoms with Crippen LogP contribution in [-0.4, -0.2) is 61.8 Å². The fourth-order valence-electron chi connectivity index (χ4n) is 2.50. The van der Waals surface area contributed by atoms with Crippen LogP contribution in [0.4, 0.5) is 5.82 Å². The molecule has 1 atom stereocenters. The Bertz CT molecular complexity index is 714. The highest BCUT2D eigenvalue weighted by Crippen LogP contribution is 2.21. The van der Waals surface area contributed by atoms with Gasteiger partial charge in [-0.15, -0.1) is 0 Å². The Morgan fingerprint density at radius 1 is 1.27 bits per heavy atom. The maximum Gasteiger partial charge on any atom is 0.282 e. The number of aromatic nitrogens is 2. The predicted molar refractivity (Wildman–Crippen MR) is 98.4 cm³/mol. The molecule has 1 heterocycles. The van der Waals surface area contributed by atoms with Crippen LogP contribution < -0.4 is 10.1 Å². The van der Waals surface area contributed by atoms with Gasteiger partial charge in [0.05, 0.1) is 33.6 Å². The Morgan fingerprint density at radius 3 is 2.54 bits per heavy atom. The van der Waals surface area contributed by atoms with Crippen molar-refractivity contribution in [1.82, 2.24) is 14.8 Å². The monoisotopic (exact) mass is 362 g/mol. The van der Waals surface area contributed by atoms with E-state index in [-0.39, 0.29) is 11.9 Å². The Balaban J connectivity index is 2.31. The van der Waals surface area contributed by atoms with E-state index in [2.05, 4.69) is 10.4 Å². The molecule has 0 saturated carbocycles. The largest absolute Gasteiger partial charge is 0.497 e. The SMILES string of the molecule is COCC(C)Nc1c(C(=O)N(C)OC)cnn1Cc1ccc(OC)cc1. The third-order valence-electron chi connectivity index (χ3n) is 3.92. The van der Waals surface area contributed by atoms with Crippen molar-refractivity contribution in [2.45, 2.75) is 19.5 Å². The van der Waals surface area contributed by atoms with Crippen LogP contribution in [0.2, 0.25) is 0 Å². The van der Waals surface area contributed by atoms with Crippen molar-refractivity contribution in [3.8, 4) is 5.75 Å². The van der Waals surface area contributed by atoms with Crippen LogP contribution in [0.1, 0.15) is 22.8 Å². The summed E-state index contributed by atoms with van der Waals surface area (Å²) in [5.74, 6) is 1.14. The normalized spacial score (nSPS) is 11.9. The number of amides is 1. The van der Waals surface area contributed by atoms with Gasteiger partial charge >= 0.3 is 0 Å². The number of hydrogen-bond acceptors (Lipinski definition) is 6. The predicted octanol–water partition coefficient (Wildman–Crippen LogP) is 2.02. The fourth-order valence-corrected chi connectivity index (χ4v) is 2.50. The molecule has 0 aliphatic carbocycles. The minimum atomic E-state index is -0.277. The molecule has 0 bridgehead atoms. The summed E-state index contributed by atoms with van der Waals surface area (Å²) in [4.78, 5) is 17.6. The molecule has 8 heteroatoms. The second-order valence-corrected chi connectivity index (χ2v) is 5.90. The highest BCUT2D eigenvalue weighted by Gasteiger charge is 2.22. The van der Waals surface area contributed by atoms with Gasteiger partial charge in [0, 0.05) is 20.2 Å². The molecule has 142 valence electrons. The van der Waals surface area contributed by atoms with E-state index in [1.54, 1.807) is 32.1 Å². The van der Waals surface area contributed by atoms with E-state index in [9.17, 15) is 4.79 Å². The molecular formula is C18H26N4O4. The second-order valence-electron chi connectivity index (χ2n) is 5.90. The van der Waals surface area contributed by atoms with E-state index in [1.807, 2.05) is 31.2 Å². The standard InChI is InChI=1S/C18H26N4O4/c1-13(12-24-3)20-17-16(18(23)21(2)26-5)10-19-22(17)11-14-6-8-15(25-4)9-7-14/h6-10,13,20H,11-12H2,1-5H3. The molecule has 0 saturated heterocycles. The van der Waals surface area contributed by atoms with E-state index in [4.69, 9.17) is 14.3 Å². The van der Waals surface area contributed by atoms with Gasteiger partial charge in [-0.1, -0.05) is 12.1 Å². The van der Waals surface area contributed by atoms with Gasteiger partial charge in [-0.2, -0.15) is 5.10 Å². The summed E-state index contributed by atoms with van der Waals surface area (Å²) < 4.78 is 12.1. The Hall–Kier alpha value is -2.58. The average molecular weight is 362 g/mol. The van der Waals surface area contributed by atoms with E-state index < -0.39 is 0 Å². The molecule has 1 unspecified atom stereocenters. The highest BCUT2D eigenvalue weighted by molar-refractivity contribution is 5.98. The Labute approximate surface area is 153 Å². The molecule has 2 aromatic rings. The minimum Gasteiger partial charge on any atom is -0.497 e. The molecule has 0 aliphatic rings. The number of anilines is 1. The van der Waals surface area contributed by atoms with Gasteiger partial charge in [0.25, 0.3) is 5.91 Å². The lowest BCUT2D eigenvalue weighted by Gasteiger charge is -2.19. The summed E-state index contributed by atoms with van der Waals surface area (Å²) in [6.07, 6.45) is 1.54. The molecule has 0 spiro atoms. The van der Waals surface area contributed by atoms with Crippen LogP contribution in [0.3, 0.4) is 0 Å². The molecule has 8 nitrogen and oxygen atoms in total. The first-order chi connectivity index (χ1) is 12.5. The van der Waals surface area contributed by atoms with Crippen molar-refractivity contribution in [1.29, 1.82) is 0 Å². The number of carbonyl (C=O) groups is 1. The maximum atomic E-state index is 12.5. The zero-order valence-electron chi connectivity index (χ0n) is 15.9. The van der Waals surface area contributed by atoms with Crippen LogP contribution in [0, 0.1) is 0 Å². The summed E-state index contributed by atoms with van der Waals surface area (Å²) >= 11 is 0. The molecule has 26 heavy (non-hydrogen) atoms. The molecule has 0 aliphatic heterocycles. The van der Waals surface area contributed by atoms with E-state index in [0.717, 1.165) is 11.3 Å². The van der Waals surface area contributed by atoms with Crippen LogP contribution in [0.25, 0.3) is 0 Å². The van der Waals surface area contributed by atoms with Crippen LogP contribution in [0.5, 0.6) is 5.75 Å². The number of carbonyl (C=O) groups excluding carboxylic acids is 1. The maximum absolute atomic E-state index is 12.5. The highest BCUT2D eigenvalue weighted by atomic mass is 16.7. The van der Waals surface area contributed by atoms with Gasteiger partial charge < -0.3 is 14.8 Å². The van der Waals surface area contributed by atoms with Crippen molar-refractivity contribution < 1.29 is 19.1 Å². The van der Waals surface area contributed by atoms with Gasteiger partial charge in [-0.05, 0) is 24.6 Å². The van der Waals surface area contributed by atoms with Gasteiger partial charge in [-0.25, -0.2) is 9.75 Å². The Kier molecular flexibility index (Phi) is 6.99. The average Bonchev–Trinajstić information content (AvgIpc) is 3.03. The molecule has 1 amide bonds. The van der Waals surface area contributed by atoms with Crippen LogP contribution in [0.15, 0.2) is 30.5 Å². The topological polar surface area (TPSA) is 77.9 Å². The number of hydroxylamine groups is 2. The number of ether oxygens (including phenoxy) is 2. The van der Waals surface area contributed by atoms with Gasteiger partial charge in [-0.3, -0.25) is 9.63 Å². The minimum absolute atomic E-state index is 0.00529. The van der Waals surface area contributed by atoms with Gasteiger partial charge in [0.2, 0.25) is 0 Å². The molecule has 0 radical (unpaired) electrons. The smallest absolute Gasteiger partial charge is 0.282 e. The van der Waals surface area contributed by atoms with Crippen LogP contribution >= 0.6 is 0 Å². The lowest BCUT2D eigenvalue weighted by atomic mass is 10.2. The number of benzene rings is 1. The first kappa shape index (κ1) is 19.7. The zero-order valence-corrected chi connectivity index (χ0v) is 15.9. The number of hydrogen-bond donors (Lipinski definition) is 1. The molecule has 1 aromatic carbocycles. The summed E-state index contributed by atoms with van der Waals surface area (Å²) in [5, 5.41) is 8.86. The molecule has 1 aromatic heterocycles. The Morgan fingerprint density at radius 2 is 1.96 bits per heavy atom.